The molecule has 2 aromatic carbocycles. The number of halogens is 1. The van der Waals surface area contributed by atoms with Gasteiger partial charge >= 0.3 is 0 Å². The zero-order chi connectivity index (χ0) is 19.1. The molecule has 0 aliphatic heterocycles. The molecular formula is C20H22ClNO4. The first-order valence-electron chi connectivity index (χ1n) is 8.25. The summed E-state index contributed by atoms with van der Waals surface area (Å²) >= 11 is 5.88. The third kappa shape index (κ3) is 5.58. The summed E-state index contributed by atoms with van der Waals surface area (Å²) in [5.74, 6) is 0.299. The van der Waals surface area contributed by atoms with E-state index in [0.29, 0.717) is 21.9 Å². The average molecular weight is 376 g/mol. The molecule has 1 amide bonds. The molecule has 138 valence electrons. The van der Waals surface area contributed by atoms with Gasteiger partial charge in [0.1, 0.15) is 5.75 Å². The van der Waals surface area contributed by atoms with Gasteiger partial charge in [0.2, 0.25) is 5.91 Å². The molecule has 0 aliphatic rings. The Labute approximate surface area is 158 Å². The van der Waals surface area contributed by atoms with Crippen molar-refractivity contribution >= 4 is 23.3 Å². The Morgan fingerprint density at radius 3 is 2.58 bits per heavy atom. The smallest absolute Gasteiger partial charge is 0.222 e. The molecule has 0 aromatic heterocycles. The van der Waals surface area contributed by atoms with Crippen LogP contribution in [0.2, 0.25) is 5.02 Å². The van der Waals surface area contributed by atoms with Crippen LogP contribution in [0, 0.1) is 0 Å². The van der Waals surface area contributed by atoms with Crippen LogP contribution in [0.25, 0.3) is 0 Å². The van der Waals surface area contributed by atoms with Crippen molar-refractivity contribution in [3.63, 3.8) is 0 Å². The van der Waals surface area contributed by atoms with E-state index in [4.69, 9.17) is 16.3 Å². The number of hydrogen-bond donors (Lipinski definition) is 1. The molecule has 0 fully saturated rings. The first kappa shape index (κ1) is 19.9. The number of carbonyl (C=O) groups excluding carboxylic acids is 2. The van der Waals surface area contributed by atoms with Gasteiger partial charge in [0, 0.05) is 30.5 Å². The summed E-state index contributed by atoms with van der Waals surface area (Å²) in [5.41, 5.74) is 1.16. The fourth-order valence-corrected chi connectivity index (χ4v) is 2.72. The van der Waals surface area contributed by atoms with Crippen LogP contribution >= 0.6 is 11.6 Å². The third-order valence-corrected chi connectivity index (χ3v) is 4.30. The summed E-state index contributed by atoms with van der Waals surface area (Å²) in [5, 5.41) is 10.8. The lowest BCUT2D eigenvalue weighted by Gasteiger charge is -2.21. The minimum Gasteiger partial charge on any atom is -0.497 e. The molecule has 0 saturated heterocycles. The summed E-state index contributed by atoms with van der Waals surface area (Å²) in [6.45, 7) is 0.136. The van der Waals surface area contributed by atoms with Gasteiger partial charge < -0.3 is 14.7 Å². The fraction of sp³-hybridized carbons (Fsp3) is 0.300. The molecule has 1 atom stereocenters. The number of ether oxygens (including phenoxy) is 1. The van der Waals surface area contributed by atoms with E-state index in [1.165, 1.54) is 4.90 Å². The highest BCUT2D eigenvalue weighted by Crippen LogP contribution is 2.20. The number of likely N-dealkylation sites (N-methyl/N-ethyl adjacent to an activating group) is 1. The van der Waals surface area contributed by atoms with Crippen molar-refractivity contribution in [2.45, 2.75) is 18.9 Å². The molecule has 0 spiro atoms. The Bertz CT molecular complexity index is 778. The molecule has 2 rings (SSSR count). The molecule has 26 heavy (non-hydrogen) atoms. The predicted octanol–water partition coefficient (Wildman–Crippen LogP) is 3.50. The van der Waals surface area contributed by atoms with E-state index in [0.717, 1.165) is 0 Å². The van der Waals surface area contributed by atoms with E-state index >= 15 is 0 Å². The van der Waals surface area contributed by atoms with Crippen LogP contribution in [0.15, 0.2) is 48.5 Å². The van der Waals surface area contributed by atoms with Gasteiger partial charge in [0.15, 0.2) is 5.78 Å². The lowest BCUT2D eigenvalue weighted by Crippen LogP contribution is -2.31. The maximum Gasteiger partial charge on any atom is 0.222 e. The van der Waals surface area contributed by atoms with E-state index in [-0.39, 0.29) is 31.1 Å². The first-order valence-corrected chi connectivity index (χ1v) is 8.63. The molecule has 1 unspecified atom stereocenters. The standard InChI is InChI=1S/C20H22ClNO4/c1-22(13-19(24)15-6-4-8-17(12-15)26-2)20(25)10-9-18(23)14-5-3-7-16(21)11-14/h3-8,11-12,19,24H,9-10,13H2,1-2H3. The van der Waals surface area contributed by atoms with Crippen molar-refractivity contribution in [3.8, 4) is 5.75 Å². The lowest BCUT2D eigenvalue weighted by atomic mass is 10.1. The van der Waals surface area contributed by atoms with Crippen molar-refractivity contribution in [1.29, 1.82) is 0 Å². The molecule has 0 aliphatic carbocycles. The summed E-state index contributed by atoms with van der Waals surface area (Å²) in [6, 6.07) is 13.7. The van der Waals surface area contributed by atoms with Crippen LogP contribution in [0.1, 0.15) is 34.9 Å². The van der Waals surface area contributed by atoms with Crippen molar-refractivity contribution in [1.82, 2.24) is 4.90 Å². The van der Waals surface area contributed by atoms with Gasteiger partial charge in [0.05, 0.1) is 19.8 Å². The quantitative estimate of drug-likeness (QED) is 0.717. The highest BCUT2D eigenvalue weighted by atomic mass is 35.5. The van der Waals surface area contributed by atoms with E-state index in [9.17, 15) is 14.7 Å². The summed E-state index contributed by atoms with van der Waals surface area (Å²) in [4.78, 5) is 25.8. The Balaban J connectivity index is 1.87. The van der Waals surface area contributed by atoms with Gasteiger partial charge in [-0.1, -0.05) is 35.9 Å². The number of rotatable bonds is 8. The normalized spacial score (nSPS) is 11.7. The number of Topliss-reactive ketones (excluding diaryl/α,β-unsaturated/α-hetero) is 1. The Morgan fingerprint density at radius 1 is 1.15 bits per heavy atom. The van der Waals surface area contributed by atoms with Gasteiger partial charge in [-0.3, -0.25) is 9.59 Å². The second-order valence-electron chi connectivity index (χ2n) is 6.00. The van der Waals surface area contributed by atoms with Gasteiger partial charge in [-0.15, -0.1) is 0 Å². The zero-order valence-electron chi connectivity index (χ0n) is 14.8. The van der Waals surface area contributed by atoms with Crippen molar-refractivity contribution in [2.75, 3.05) is 20.7 Å². The molecule has 5 nitrogen and oxygen atoms in total. The van der Waals surface area contributed by atoms with E-state index in [1.807, 2.05) is 0 Å². The summed E-state index contributed by atoms with van der Waals surface area (Å²) < 4.78 is 5.13. The number of benzene rings is 2. The predicted molar refractivity (Wildman–Crippen MR) is 101 cm³/mol. The van der Waals surface area contributed by atoms with Crippen LogP contribution in [0.4, 0.5) is 0 Å². The molecular weight excluding hydrogens is 354 g/mol. The van der Waals surface area contributed by atoms with Gasteiger partial charge in [0.25, 0.3) is 0 Å². The van der Waals surface area contributed by atoms with Crippen LogP contribution in [-0.2, 0) is 4.79 Å². The van der Waals surface area contributed by atoms with Crippen LogP contribution in [-0.4, -0.2) is 42.4 Å². The van der Waals surface area contributed by atoms with E-state index in [2.05, 4.69) is 0 Å². The lowest BCUT2D eigenvalue weighted by molar-refractivity contribution is -0.131. The van der Waals surface area contributed by atoms with Crippen molar-refractivity contribution < 1.29 is 19.4 Å². The topological polar surface area (TPSA) is 66.8 Å². The van der Waals surface area contributed by atoms with Crippen LogP contribution < -0.4 is 4.74 Å². The number of hydrogen-bond acceptors (Lipinski definition) is 4. The van der Waals surface area contributed by atoms with Gasteiger partial charge in [-0.25, -0.2) is 0 Å². The number of amides is 1. The molecule has 2 aromatic rings. The minimum absolute atomic E-state index is 0.0761. The molecule has 0 radical (unpaired) electrons. The highest BCUT2D eigenvalue weighted by molar-refractivity contribution is 6.31. The zero-order valence-corrected chi connectivity index (χ0v) is 15.6. The maximum absolute atomic E-state index is 12.2. The van der Waals surface area contributed by atoms with E-state index < -0.39 is 6.10 Å². The number of methoxy groups -OCH3 is 1. The van der Waals surface area contributed by atoms with Crippen molar-refractivity contribution in [3.05, 3.63) is 64.7 Å². The number of aliphatic hydroxyl groups is 1. The fourth-order valence-electron chi connectivity index (χ4n) is 2.53. The summed E-state index contributed by atoms with van der Waals surface area (Å²) in [7, 11) is 3.16. The minimum atomic E-state index is -0.831. The van der Waals surface area contributed by atoms with Crippen molar-refractivity contribution in [2.24, 2.45) is 0 Å². The molecule has 1 N–H and O–H groups in total. The first-order chi connectivity index (χ1) is 12.4. The number of carbonyl (C=O) groups is 2. The number of aliphatic hydroxyl groups excluding tert-OH is 1. The maximum atomic E-state index is 12.2. The molecule has 0 bridgehead atoms. The average Bonchev–Trinajstić information content (AvgIpc) is 2.65. The number of ketones is 1. The SMILES string of the molecule is COc1cccc(C(O)CN(C)C(=O)CCC(=O)c2cccc(Cl)c2)c1. The molecule has 0 saturated carbocycles. The largest absolute Gasteiger partial charge is 0.497 e. The Kier molecular flexibility index (Phi) is 7.18. The Hall–Kier alpha value is -2.37. The third-order valence-electron chi connectivity index (χ3n) is 4.06. The van der Waals surface area contributed by atoms with Gasteiger partial charge in [-0.05, 0) is 29.8 Å². The van der Waals surface area contributed by atoms with Gasteiger partial charge in [-0.2, -0.15) is 0 Å². The second kappa shape index (κ2) is 9.36. The van der Waals surface area contributed by atoms with E-state index in [1.54, 1.807) is 62.7 Å². The molecule has 6 heteroatoms. The van der Waals surface area contributed by atoms with Crippen LogP contribution in [0.3, 0.4) is 0 Å². The monoisotopic (exact) mass is 375 g/mol. The van der Waals surface area contributed by atoms with Crippen LogP contribution in [0.5, 0.6) is 5.75 Å². The Morgan fingerprint density at radius 2 is 1.88 bits per heavy atom. The number of nitrogens with zero attached hydrogens (tertiary/aromatic N) is 1. The molecule has 0 heterocycles. The highest BCUT2D eigenvalue weighted by Gasteiger charge is 2.17. The summed E-state index contributed by atoms with van der Waals surface area (Å²) in [6.07, 6.45) is -0.659. The second-order valence-corrected chi connectivity index (χ2v) is 6.44.